The van der Waals surface area contributed by atoms with E-state index in [2.05, 4.69) is 5.32 Å². The summed E-state index contributed by atoms with van der Waals surface area (Å²) in [6, 6.07) is 0.227. The van der Waals surface area contributed by atoms with Gasteiger partial charge in [0.2, 0.25) is 5.91 Å². The Labute approximate surface area is 104 Å². The fourth-order valence-corrected chi connectivity index (χ4v) is 2.16. The Morgan fingerprint density at radius 2 is 2.18 bits per heavy atom. The van der Waals surface area contributed by atoms with Crippen molar-refractivity contribution in [1.82, 2.24) is 5.32 Å². The van der Waals surface area contributed by atoms with Gasteiger partial charge in [-0.2, -0.15) is 0 Å². The zero-order chi connectivity index (χ0) is 12.7. The number of hydrogen-bond acceptors (Lipinski definition) is 3. The summed E-state index contributed by atoms with van der Waals surface area (Å²) in [6.07, 6.45) is 5.07. The van der Waals surface area contributed by atoms with Gasteiger partial charge in [0.25, 0.3) is 0 Å². The Balaban J connectivity index is 1.97. The van der Waals surface area contributed by atoms with Crippen molar-refractivity contribution in [2.45, 2.75) is 58.1 Å². The quantitative estimate of drug-likeness (QED) is 0.664. The molecule has 2 unspecified atom stereocenters. The van der Waals surface area contributed by atoms with Gasteiger partial charge in [0.1, 0.15) is 0 Å². The van der Waals surface area contributed by atoms with Crippen molar-refractivity contribution < 1.29 is 9.53 Å². The predicted molar refractivity (Wildman–Crippen MR) is 68.6 cm³/mol. The molecule has 1 rings (SSSR count). The number of nitrogens with one attached hydrogen (secondary N) is 1. The normalized spacial score (nSPS) is 24.2. The lowest BCUT2D eigenvalue weighted by Crippen LogP contribution is -2.31. The number of amides is 1. The summed E-state index contributed by atoms with van der Waals surface area (Å²) in [4.78, 5) is 11.7. The van der Waals surface area contributed by atoms with Gasteiger partial charge >= 0.3 is 0 Å². The lowest BCUT2D eigenvalue weighted by Gasteiger charge is -2.11. The minimum absolute atomic E-state index is 0.150. The van der Waals surface area contributed by atoms with Crippen molar-refractivity contribution in [2.75, 3.05) is 13.2 Å². The highest BCUT2D eigenvalue weighted by Gasteiger charge is 2.27. The van der Waals surface area contributed by atoms with Gasteiger partial charge in [0, 0.05) is 25.1 Å². The van der Waals surface area contributed by atoms with E-state index in [0.717, 1.165) is 45.3 Å². The summed E-state index contributed by atoms with van der Waals surface area (Å²) in [5.41, 5.74) is 5.79. The van der Waals surface area contributed by atoms with Crippen LogP contribution in [-0.4, -0.2) is 31.2 Å². The predicted octanol–water partition coefficient (Wildman–Crippen LogP) is 1.44. The van der Waals surface area contributed by atoms with Crippen molar-refractivity contribution >= 4 is 5.91 Å². The Kier molecular flexibility index (Phi) is 6.52. The van der Waals surface area contributed by atoms with Crippen LogP contribution in [0.2, 0.25) is 0 Å². The third kappa shape index (κ3) is 6.03. The molecular weight excluding hydrogens is 216 g/mol. The minimum atomic E-state index is 0.150. The standard InChI is InChI=1S/C13H26N2O2/c1-10(2)17-8-4-3-7-15-13(16)11-5-6-12(14)9-11/h10-12H,3-9,14H2,1-2H3,(H,15,16). The molecule has 0 spiro atoms. The number of carbonyl (C=O) groups is 1. The number of rotatable bonds is 7. The molecule has 2 atom stereocenters. The molecule has 0 saturated heterocycles. The SMILES string of the molecule is CC(C)OCCCCNC(=O)C1CCC(N)C1. The first-order valence-electron chi connectivity index (χ1n) is 6.74. The molecule has 0 radical (unpaired) electrons. The molecule has 1 aliphatic rings. The van der Waals surface area contributed by atoms with Crippen LogP contribution >= 0.6 is 0 Å². The number of unbranched alkanes of at least 4 members (excludes halogenated alkanes) is 1. The van der Waals surface area contributed by atoms with E-state index in [1.807, 2.05) is 13.8 Å². The van der Waals surface area contributed by atoms with Crippen LogP contribution in [0.4, 0.5) is 0 Å². The lowest BCUT2D eigenvalue weighted by atomic mass is 10.1. The Morgan fingerprint density at radius 1 is 1.41 bits per heavy atom. The van der Waals surface area contributed by atoms with Crippen molar-refractivity contribution in [1.29, 1.82) is 0 Å². The van der Waals surface area contributed by atoms with Gasteiger partial charge in [-0.3, -0.25) is 4.79 Å². The van der Waals surface area contributed by atoms with Crippen LogP contribution in [0.15, 0.2) is 0 Å². The first-order chi connectivity index (χ1) is 8.09. The third-order valence-corrected chi connectivity index (χ3v) is 3.17. The molecule has 0 heterocycles. The Morgan fingerprint density at radius 3 is 2.76 bits per heavy atom. The summed E-state index contributed by atoms with van der Waals surface area (Å²) in [5.74, 6) is 0.333. The van der Waals surface area contributed by atoms with Gasteiger partial charge in [0.05, 0.1) is 6.10 Å². The Hall–Kier alpha value is -0.610. The molecule has 17 heavy (non-hydrogen) atoms. The maximum absolute atomic E-state index is 11.7. The lowest BCUT2D eigenvalue weighted by molar-refractivity contribution is -0.124. The molecule has 4 heteroatoms. The van der Waals surface area contributed by atoms with Crippen LogP contribution in [-0.2, 0) is 9.53 Å². The van der Waals surface area contributed by atoms with E-state index in [1.165, 1.54) is 0 Å². The summed E-state index contributed by atoms with van der Waals surface area (Å²) in [6.45, 7) is 5.60. The molecule has 4 nitrogen and oxygen atoms in total. The van der Waals surface area contributed by atoms with Crippen molar-refractivity contribution in [3.63, 3.8) is 0 Å². The maximum Gasteiger partial charge on any atom is 0.223 e. The second kappa shape index (κ2) is 7.67. The highest BCUT2D eigenvalue weighted by molar-refractivity contribution is 5.78. The molecular formula is C13H26N2O2. The van der Waals surface area contributed by atoms with Gasteiger partial charge in [-0.25, -0.2) is 0 Å². The van der Waals surface area contributed by atoms with E-state index in [1.54, 1.807) is 0 Å². The Bertz CT molecular complexity index is 231. The fraction of sp³-hybridized carbons (Fsp3) is 0.923. The first-order valence-corrected chi connectivity index (χ1v) is 6.74. The minimum Gasteiger partial charge on any atom is -0.379 e. The molecule has 3 N–H and O–H groups in total. The number of carbonyl (C=O) groups excluding carboxylic acids is 1. The van der Waals surface area contributed by atoms with Crippen LogP contribution in [0.3, 0.4) is 0 Å². The van der Waals surface area contributed by atoms with Crippen LogP contribution in [0, 0.1) is 5.92 Å². The fourth-order valence-electron chi connectivity index (χ4n) is 2.16. The summed E-state index contributed by atoms with van der Waals surface area (Å²) >= 11 is 0. The highest BCUT2D eigenvalue weighted by Crippen LogP contribution is 2.23. The average Bonchev–Trinajstić information content (AvgIpc) is 2.69. The summed E-state index contributed by atoms with van der Waals surface area (Å²) in [7, 11) is 0. The average molecular weight is 242 g/mol. The van der Waals surface area contributed by atoms with Gasteiger partial charge < -0.3 is 15.8 Å². The van der Waals surface area contributed by atoms with Crippen LogP contribution in [0.25, 0.3) is 0 Å². The monoisotopic (exact) mass is 242 g/mol. The van der Waals surface area contributed by atoms with E-state index in [4.69, 9.17) is 10.5 Å². The largest absolute Gasteiger partial charge is 0.379 e. The number of nitrogens with two attached hydrogens (primary N) is 1. The number of hydrogen-bond donors (Lipinski definition) is 2. The van der Waals surface area contributed by atoms with Crippen LogP contribution in [0.1, 0.15) is 46.0 Å². The summed E-state index contributed by atoms with van der Waals surface area (Å²) < 4.78 is 5.43. The van der Waals surface area contributed by atoms with Gasteiger partial charge in [-0.1, -0.05) is 0 Å². The molecule has 0 aromatic carbocycles. The number of ether oxygens (including phenoxy) is 1. The van der Waals surface area contributed by atoms with E-state index >= 15 is 0 Å². The molecule has 0 aliphatic heterocycles. The van der Waals surface area contributed by atoms with Gasteiger partial charge in [-0.15, -0.1) is 0 Å². The first kappa shape index (κ1) is 14.5. The summed E-state index contributed by atoms with van der Waals surface area (Å²) in [5, 5.41) is 2.98. The van der Waals surface area contributed by atoms with E-state index in [-0.39, 0.29) is 17.9 Å². The second-order valence-corrected chi connectivity index (χ2v) is 5.19. The topological polar surface area (TPSA) is 64.3 Å². The molecule has 1 fully saturated rings. The zero-order valence-electron chi connectivity index (χ0n) is 11.1. The van der Waals surface area contributed by atoms with Crippen LogP contribution in [0.5, 0.6) is 0 Å². The van der Waals surface area contributed by atoms with E-state index in [0.29, 0.717) is 6.10 Å². The third-order valence-electron chi connectivity index (χ3n) is 3.17. The van der Waals surface area contributed by atoms with Crippen LogP contribution < -0.4 is 11.1 Å². The van der Waals surface area contributed by atoms with Crippen molar-refractivity contribution in [3.05, 3.63) is 0 Å². The molecule has 1 amide bonds. The van der Waals surface area contributed by atoms with Gasteiger partial charge in [0.15, 0.2) is 0 Å². The molecule has 0 aromatic heterocycles. The second-order valence-electron chi connectivity index (χ2n) is 5.19. The van der Waals surface area contributed by atoms with Crippen molar-refractivity contribution in [2.24, 2.45) is 11.7 Å². The molecule has 0 bridgehead atoms. The van der Waals surface area contributed by atoms with Gasteiger partial charge in [-0.05, 0) is 46.0 Å². The molecule has 1 aliphatic carbocycles. The maximum atomic E-state index is 11.7. The molecule has 1 saturated carbocycles. The smallest absolute Gasteiger partial charge is 0.223 e. The zero-order valence-corrected chi connectivity index (χ0v) is 11.1. The highest BCUT2D eigenvalue weighted by atomic mass is 16.5. The molecule has 100 valence electrons. The van der Waals surface area contributed by atoms with E-state index in [9.17, 15) is 4.79 Å². The van der Waals surface area contributed by atoms with Crippen molar-refractivity contribution in [3.8, 4) is 0 Å². The van der Waals surface area contributed by atoms with E-state index < -0.39 is 0 Å². The molecule has 0 aromatic rings.